The monoisotopic (exact) mass is 342 g/mol. The summed E-state index contributed by atoms with van der Waals surface area (Å²) < 4.78 is 17.4. The number of nitrogens with zero attached hydrogens (tertiary/aromatic N) is 2. The van der Waals surface area contributed by atoms with Gasteiger partial charge in [-0.15, -0.1) is 0 Å². The quantitative estimate of drug-likeness (QED) is 0.855. The van der Waals surface area contributed by atoms with Crippen molar-refractivity contribution in [2.75, 3.05) is 13.2 Å². The smallest absolute Gasteiger partial charge is 0.289 e. The maximum Gasteiger partial charge on any atom is 0.289 e. The Balaban J connectivity index is 1.34. The maximum absolute atomic E-state index is 12.7. The minimum absolute atomic E-state index is 0.0331. The summed E-state index contributed by atoms with van der Waals surface area (Å²) in [7, 11) is 0. The van der Waals surface area contributed by atoms with Gasteiger partial charge in [-0.2, -0.15) is 0 Å². The van der Waals surface area contributed by atoms with Crippen LogP contribution in [0.2, 0.25) is 0 Å². The number of furan rings is 1. The molecule has 2 aromatic rings. The highest BCUT2D eigenvalue weighted by Gasteiger charge is 2.42. The molecule has 1 amide bonds. The molecule has 4 rings (SSSR count). The van der Waals surface area contributed by atoms with Gasteiger partial charge in [0.15, 0.2) is 5.76 Å². The zero-order chi connectivity index (χ0) is 17.2. The molecule has 2 aromatic heterocycles. The van der Waals surface area contributed by atoms with Gasteiger partial charge in [-0.1, -0.05) is 0 Å². The number of likely N-dealkylation sites (tertiary alicyclic amines) is 1. The van der Waals surface area contributed by atoms with E-state index in [-0.39, 0.29) is 24.2 Å². The molecule has 2 fully saturated rings. The molecule has 0 saturated carbocycles. The van der Waals surface area contributed by atoms with Crippen molar-refractivity contribution < 1.29 is 18.7 Å². The van der Waals surface area contributed by atoms with Crippen LogP contribution in [0.15, 0.2) is 41.1 Å². The summed E-state index contributed by atoms with van der Waals surface area (Å²) in [5.41, 5.74) is 0. The van der Waals surface area contributed by atoms with Crippen LogP contribution in [-0.4, -0.2) is 47.2 Å². The number of fused-ring (bicyclic) bond motifs is 1. The third-order valence-electron chi connectivity index (χ3n) is 4.92. The number of carbonyl (C=O) groups excluding carboxylic acids is 1. The van der Waals surface area contributed by atoms with Crippen molar-refractivity contribution in [1.29, 1.82) is 0 Å². The van der Waals surface area contributed by atoms with E-state index in [0.29, 0.717) is 18.9 Å². The van der Waals surface area contributed by atoms with Crippen LogP contribution in [0.4, 0.5) is 0 Å². The SMILES string of the molecule is Cc1ccc(C(=O)N2CC[C@@H]3O[C@H](COc4cccnc4)CC[C@@H]32)o1. The highest BCUT2D eigenvalue weighted by molar-refractivity contribution is 5.92. The first-order chi connectivity index (χ1) is 12.2. The molecule has 0 spiro atoms. The Morgan fingerprint density at radius 1 is 1.32 bits per heavy atom. The van der Waals surface area contributed by atoms with Crippen LogP contribution in [0, 0.1) is 6.92 Å². The number of carbonyl (C=O) groups is 1. The third-order valence-corrected chi connectivity index (χ3v) is 4.92. The predicted octanol–water partition coefficient (Wildman–Crippen LogP) is 2.82. The van der Waals surface area contributed by atoms with E-state index in [1.54, 1.807) is 18.5 Å². The minimum atomic E-state index is -0.0331. The molecule has 0 unspecified atom stereocenters. The molecule has 0 bridgehead atoms. The second-order valence-corrected chi connectivity index (χ2v) is 6.64. The molecular weight excluding hydrogens is 320 g/mol. The topological polar surface area (TPSA) is 64.8 Å². The Morgan fingerprint density at radius 2 is 2.24 bits per heavy atom. The maximum atomic E-state index is 12.7. The number of hydrogen-bond donors (Lipinski definition) is 0. The van der Waals surface area contributed by atoms with E-state index >= 15 is 0 Å². The van der Waals surface area contributed by atoms with Crippen LogP contribution in [0.1, 0.15) is 35.6 Å². The summed E-state index contributed by atoms with van der Waals surface area (Å²) >= 11 is 0. The second kappa shape index (κ2) is 6.88. The number of pyridine rings is 1. The first-order valence-electron chi connectivity index (χ1n) is 8.76. The van der Waals surface area contributed by atoms with Crippen LogP contribution in [0.5, 0.6) is 5.75 Å². The molecule has 0 radical (unpaired) electrons. The van der Waals surface area contributed by atoms with Gasteiger partial charge < -0.3 is 18.8 Å². The lowest BCUT2D eigenvalue weighted by Crippen LogP contribution is -2.46. The van der Waals surface area contributed by atoms with Gasteiger partial charge in [0.1, 0.15) is 18.1 Å². The molecule has 0 aromatic carbocycles. The number of ether oxygens (including phenoxy) is 2. The summed E-state index contributed by atoms with van der Waals surface area (Å²) in [5.74, 6) is 1.89. The van der Waals surface area contributed by atoms with Gasteiger partial charge in [-0.05, 0) is 50.5 Å². The lowest BCUT2D eigenvalue weighted by Gasteiger charge is -2.35. The highest BCUT2D eigenvalue weighted by Crippen LogP contribution is 2.32. The van der Waals surface area contributed by atoms with Crippen LogP contribution in [-0.2, 0) is 4.74 Å². The molecule has 6 heteroatoms. The van der Waals surface area contributed by atoms with Gasteiger partial charge in [0.05, 0.1) is 24.4 Å². The van der Waals surface area contributed by atoms with E-state index in [9.17, 15) is 4.79 Å². The summed E-state index contributed by atoms with van der Waals surface area (Å²) in [6.07, 6.45) is 6.23. The lowest BCUT2D eigenvalue weighted by atomic mass is 9.99. The van der Waals surface area contributed by atoms with Gasteiger partial charge in [0, 0.05) is 12.7 Å². The Labute approximate surface area is 146 Å². The molecule has 2 aliphatic heterocycles. The van der Waals surface area contributed by atoms with Gasteiger partial charge in [0.25, 0.3) is 5.91 Å². The van der Waals surface area contributed by atoms with Crippen molar-refractivity contribution in [2.24, 2.45) is 0 Å². The Morgan fingerprint density at radius 3 is 3.00 bits per heavy atom. The van der Waals surface area contributed by atoms with Crippen LogP contribution in [0.3, 0.4) is 0 Å². The molecule has 6 nitrogen and oxygen atoms in total. The second-order valence-electron chi connectivity index (χ2n) is 6.64. The Hall–Kier alpha value is -2.34. The summed E-state index contributed by atoms with van der Waals surface area (Å²) in [6.45, 7) is 3.07. The molecule has 132 valence electrons. The zero-order valence-corrected chi connectivity index (χ0v) is 14.3. The average Bonchev–Trinajstić information content (AvgIpc) is 3.26. The first kappa shape index (κ1) is 16.1. The largest absolute Gasteiger partial charge is 0.489 e. The molecule has 2 aliphatic rings. The number of aromatic nitrogens is 1. The van der Waals surface area contributed by atoms with Crippen molar-refractivity contribution >= 4 is 5.91 Å². The van der Waals surface area contributed by atoms with E-state index < -0.39 is 0 Å². The fourth-order valence-electron chi connectivity index (χ4n) is 3.69. The van der Waals surface area contributed by atoms with E-state index in [2.05, 4.69) is 4.98 Å². The highest BCUT2D eigenvalue weighted by atomic mass is 16.5. The van der Waals surface area contributed by atoms with E-state index in [1.807, 2.05) is 30.0 Å². The summed E-state index contributed by atoms with van der Waals surface area (Å²) in [4.78, 5) is 18.6. The van der Waals surface area contributed by atoms with E-state index in [4.69, 9.17) is 13.9 Å². The molecule has 25 heavy (non-hydrogen) atoms. The summed E-state index contributed by atoms with van der Waals surface area (Å²) in [6, 6.07) is 7.44. The van der Waals surface area contributed by atoms with Gasteiger partial charge in [0.2, 0.25) is 0 Å². The number of aryl methyl sites for hydroxylation is 1. The molecule has 0 aliphatic carbocycles. The molecule has 2 saturated heterocycles. The van der Waals surface area contributed by atoms with Gasteiger partial charge in [-0.25, -0.2) is 0 Å². The summed E-state index contributed by atoms with van der Waals surface area (Å²) in [5, 5.41) is 0. The van der Waals surface area contributed by atoms with Gasteiger partial charge in [-0.3, -0.25) is 9.78 Å². The van der Waals surface area contributed by atoms with E-state index in [1.165, 1.54) is 0 Å². The fourth-order valence-corrected chi connectivity index (χ4v) is 3.69. The van der Waals surface area contributed by atoms with Gasteiger partial charge >= 0.3 is 0 Å². The van der Waals surface area contributed by atoms with Crippen molar-refractivity contribution in [3.05, 3.63) is 48.2 Å². The zero-order valence-electron chi connectivity index (χ0n) is 14.3. The van der Waals surface area contributed by atoms with Crippen molar-refractivity contribution in [3.63, 3.8) is 0 Å². The third kappa shape index (κ3) is 3.39. The lowest BCUT2D eigenvalue weighted by molar-refractivity contribution is -0.0804. The van der Waals surface area contributed by atoms with Crippen molar-refractivity contribution in [1.82, 2.24) is 9.88 Å². The molecule has 3 atom stereocenters. The molecular formula is C19H22N2O4. The van der Waals surface area contributed by atoms with Crippen LogP contribution >= 0.6 is 0 Å². The van der Waals surface area contributed by atoms with Crippen molar-refractivity contribution in [2.45, 2.75) is 44.4 Å². The van der Waals surface area contributed by atoms with Crippen LogP contribution < -0.4 is 4.74 Å². The number of rotatable bonds is 4. The molecule has 4 heterocycles. The number of amides is 1. The standard InChI is InChI=1S/C19H22N2O4/c1-13-4-7-18(24-13)19(22)21-10-8-17-16(21)6-5-15(25-17)12-23-14-3-2-9-20-11-14/h2-4,7,9,11,15-17H,5-6,8,10,12H2,1H3/t15-,16-,17-/m0/s1. The first-order valence-corrected chi connectivity index (χ1v) is 8.76. The number of hydrogen-bond acceptors (Lipinski definition) is 5. The fraction of sp³-hybridized carbons (Fsp3) is 0.474. The molecule has 0 N–H and O–H groups in total. The predicted molar refractivity (Wildman–Crippen MR) is 90.5 cm³/mol. The normalized spacial score (nSPS) is 25.6. The minimum Gasteiger partial charge on any atom is -0.489 e. The van der Waals surface area contributed by atoms with E-state index in [0.717, 1.165) is 30.8 Å². The average molecular weight is 342 g/mol. The van der Waals surface area contributed by atoms with Crippen LogP contribution in [0.25, 0.3) is 0 Å². The Bertz CT molecular complexity index is 730. The Kier molecular flexibility index (Phi) is 4.44. The van der Waals surface area contributed by atoms with Crippen molar-refractivity contribution in [3.8, 4) is 5.75 Å².